The second kappa shape index (κ2) is 7.35. The van der Waals surface area contributed by atoms with Gasteiger partial charge < -0.3 is 28.8 Å². The lowest BCUT2D eigenvalue weighted by Crippen LogP contribution is -2.85. The SMILES string of the molecule is CC1(C)OC[C@]2(OC[C@@H](O[Si]([Si](C)(C)C)([Si](C)(C)C)[Si](C)(C)C)[C@@H](O)[C@@H]2O)O1. The van der Waals surface area contributed by atoms with E-state index in [9.17, 15) is 10.2 Å². The zero-order valence-corrected chi connectivity index (χ0v) is 23.7. The molecule has 0 saturated carbocycles. The molecule has 4 atom stereocenters. The van der Waals surface area contributed by atoms with Crippen molar-refractivity contribution in [3.8, 4) is 0 Å². The van der Waals surface area contributed by atoms with Crippen molar-refractivity contribution in [2.45, 2.75) is 103 Å². The third kappa shape index (κ3) is 4.06. The van der Waals surface area contributed by atoms with E-state index in [2.05, 4.69) is 58.9 Å². The number of hydrogen-bond donors (Lipinski definition) is 2. The third-order valence-electron chi connectivity index (χ3n) is 6.18. The zero-order valence-electron chi connectivity index (χ0n) is 19.7. The average molecular weight is 467 g/mol. The van der Waals surface area contributed by atoms with Crippen LogP contribution in [0.2, 0.25) is 58.9 Å². The van der Waals surface area contributed by atoms with Crippen molar-refractivity contribution >= 4 is 29.6 Å². The van der Waals surface area contributed by atoms with Crippen LogP contribution in [-0.4, -0.2) is 83.0 Å². The molecule has 28 heavy (non-hydrogen) atoms. The molecular formula is C18H42O6Si4. The number of aliphatic hydroxyl groups excluding tert-OH is 2. The smallest absolute Gasteiger partial charge is 0.224 e. The Morgan fingerprint density at radius 3 is 1.64 bits per heavy atom. The molecular weight excluding hydrogens is 425 g/mol. The summed E-state index contributed by atoms with van der Waals surface area (Å²) in [6, 6.07) is 0. The molecule has 0 aromatic heterocycles. The van der Waals surface area contributed by atoms with Gasteiger partial charge in [0.2, 0.25) is 5.79 Å². The molecule has 0 aromatic carbocycles. The quantitative estimate of drug-likeness (QED) is 0.607. The van der Waals surface area contributed by atoms with E-state index >= 15 is 0 Å². The van der Waals surface area contributed by atoms with Crippen LogP contribution in [0.25, 0.3) is 0 Å². The summed E-state index contributed by atoms with van der Waals surface area (Å²) in [6.07, 6.45) is -2.78. The fraction of sp³-hybridized carbons (Fsp3) is 1.00. The summed E-state index contributed by atoms with van der Waals surface area (Å²) in [5.74, 6) is -2.16. The van der Waals surface area contributed by atoms with Crippen LogP contribution in [0.5, 0.6) is 0 Å². The Labute approximate surface area is 174 Å². The van der Waals surface area contributed by atoms with E-state index in [-0.39, 0.29) is 13.2 Å². The topological polar surface area (TPSA) is 77.4 Å². The number of aliphatic hydroxyl groups is 2. The Balaban J connectivity index is 2.37. The van der Waals surface area contributed by atoms with Crippen LogP contribution in [0, 0.1) is 0 Å². The van der Waals surface area contributed by atoms with Crippen molar-refractivity contribution in [3.63, 3.8) is 0 Å². The molecule has 2 rings (SSSR count). The normalized spacial score (nSPS) is 34.8. The van der Waals surface area contributed by atoms with Crippen molar-refractivity contribution in [2.75, 3.05) is 13.2 Å². The lowest BCUT2D eigenvalue weighted by molar-refractivity contribution is -0.335. The first kappa shape index (κ1) is 24.9. The van der Waals surface area contributed by atoms with Gasteiger partial charge in [-0.1, -0.05) is 58.9 Å². The van der Waals surface area contributed by atoms with E-state index in [0.29, 0.717) is 0 Å². The Morgan fingerprint density at radius 2 is 1.29 bits per heavy atom. The van der Waals surface area contributed by atoms with Crippen molar-refractivity contribution < 1.29 is 28.8 Å². The van der Waals surface area contributed by atoms with Crippen LogP contribution < -0.4 is 0 Å². The highest BCUT2D eigenvalue weighted by Gasteiger charge is 2.66. The molecule has 0 aliphatic carbocycles. The van der Waals surface area contributed by atoms with Crippen molar-refractivity contribution in [1.82, 2.24) is 0 Å². The summed E-state index contributed by atoms with van der Waals surface area (Å²) >= 11 is 0. The Morgan fingerprint density at radius 1 is 0.821 bits per heavy atom. The van der Waals surface area contributed by atoms with Gasteiger partial charge in [-0.3, -0.25) is 0 Å². The summed E-state index contributed by atoms with van der Waals surface area (Å²) in [6.45, 7) is 23.6. The third-order valence-corrected chi connectivity index (χ3v) is 73.7. The van der Waals surface area contributed by atoms with E-state index < -0.39 is 59.5 Å². The van der Waals surface area contributed by atoms with Crippen molar-refractivity contribution in [3.05, 3.63) is 0 Å². The van der Waals surface area contributed by atoms with Gasteiger partial charge in [0.25, 0.3) is 0 Å². The van der Waals surface area contributed by atoms with Crippen LogP contribution in [-0.2, 0) is 18.6 Å². The minimum Gasteiger partial charge on any atom is -0.418 e. The standard InChI is InChI=1S/C18H42O6Si4/c1-17(2)22-13-18(24-17)16(20)15(19)14(12-21-18)23-28(25(3,4)5,26(6,7)8)27(9,10)11/h14-16,19-20H,12-13H2,1-11H3/t14-,15-,16+,18+/m1/s1. The molecule has 2 aliphatic heterocycles. The van der Waals surface area contributed by atoms with Gasteiger partial charge >= 0.3 is 0 Å². The lowest BCUT2D eigenvalue weighted by Gasteiger charge is -2.58. The lowest BCUT2D eigenvalue weighted by atomic mass is 9.97. The average Bonchev–Trinajstić information content (AvgIpc) is 2.76. The van der Waals surface area contributed by atoms with Gasteiger partial charge in [-0.25, -0.2) is 0 Å². The zero-order chi connectivity index (χ0) is 22.0. The fourth-order valence-electron chi connectivity index (χ4n) is 6.07. The van der Waals surface area contributed by atoms with E-state index in [0.717, 1.165) is 0 Å². The molecule has 2 heterocycles. The summed E-state index contributed by atoms with van der Waals surface area (Å²) in [5, 5.41) is 22.0. The van der Waals surface area contributed by atoms with Crippen molar-refractivity contribution in [2.24, 2.45) is 0 Å². The van der Waals surface area contributed by atoms with E-state index in [1.165, 1.54) is 0 Å². The Kier molecular flexibility index (Phi) is 6.53. The van der Waals surface area contributed by atoms with Gasteiger partial charge in [0.15, 0.2) is 12.7 Å². The van der Waals surface area contributed by atoms with Crippen LogP contribution in [0.3, 0.4) is 0 Å². The predicted molar refractivity (Wildman–Crippen MR) is 122 cm³/mol. The molecule has 2 saturated heterocycles. The highest BCUT2D eigenvalue weighted by Crippen LogP contribution is 2.43. The molecule has 0 aromatic rings. The number of hydrogen-bond acceptors (Lipinski definition) is 6. The predicted octanol–water partition coefficient (Wildman–Crippen LogP) is 2.80. The molecule has 10 heteroatoms. The number of ether oxygens (including phenoxy) is 3. The summed E-state index contributed by atoms with van der Waals surface area (Å²) in [7, 11) is -5.01. The molecule has 0 amide bonds. The van der Waals surface area contributed by atoms with Gasteiger partial charge in [-0.15, -0.1) is 0 Å². The monoisotopic (exact) mass is 466 g/mol. The minimum atomic E-state index is -2.15. The highest BCUT2D eigenvalue weighted by molar-refractivity contribution is 7.87. The van der Waals surface area contributed by atoms with Gasteiger partial charge in [0, 0.05) is 0 Å². The van der Waals surface area contributed by atoms with Gasteiger partial charge in [-0.05, 0) is 13.8 Å². The molecule has 2 N–H and O–H groups in total. The molecule has 2 fully saturated rings. The highest BCUT2D eigenvalue weighted by atomic mass is 29.9. The molecule has 1 spiro atoms. The van der Waals surface area contributed by atoms with Gasteiger partial charge in [-0.2, -0.15) is 0 Å². The van der Waals surface area contributed by atoms with Crippen LogP contribution in [0.4, 0.5) is 0 Å². The van der Waals surface area contributed by atoms with E-state index in [4.69, 9.17) is 18.6 Å². The molecule has 166 valence electrons. The van der Waals surface area contributed by atoms with Gasteiger partial charge in [0.05, 0.1) is 35.5 Å². The Hall–Kier alpha value is 0.628. The molecule has 0 unspecified atom stereocenters. The van der Waals surface area contributed by atoms with Crippen molar-refractivity contribution in [1.29, 1.82) is 0 Å². The fourth-order valence-corrected chi connectivity index (χ4v) is 100. The minimum absolute atomic E-state index is 0.101. The van der Waals surface area contributed by atoms with Gasteiger partial charge in [0.1, 0.15) is 18.8 Å². The maximum absolute atomic E-state index is 11.1. The maximum Gasteiger partial charge on any atom is 0.224 e. The summed E-state index contributed by atoms with van der Waals surface area (Å²) in [5.41, 5.74) is 0. The van der Waals surface area contributed by atoms with Crippen LogP contribution >= 0.6 is 0 Å². The second-order valence-electron chi connectivity index (χ2n) is 11.9. The van der Waals surface area contributed by atoms with E-state index in [1.807, 2.05) is 0 Å². The molecule has 2 aliphatic rings. The second-order valence-corrected chi connectivity index (χ2v) is 51.4. The van der Waals surface area contributed by atoms with Crippen LogP contribution in [0.1, 0.15) is 13.8 Å². The number of rotatable bonds is 5. The summed E-state index contributed by atoms with van der Waals surface area (Å²) in [4.78, 5) is 0. The first-order valence-electron chi connectivity index (χ1n) is 10.3. The Bertz CT molecular complexity index is 544. The maximum atomic E-state index is 11.1. The first-order chi connectivity index (χ1) is 12.3. The van der Waals surface area contributed by atoms with Crippen LogP contribution in [0.15, 0.2) is 0 Å². The molecule has 0 radical (unpaired) electrons. The van der Waals surface area contributed by atoms with E-state index in [1.54, 1.807) is 13.8 Å². The largest absolute Gasteiger partial charge is 0.418 e. The molecule has 6 nitrogen and oxygen atoms in total. The summed E-state index contributed by atoms with van der Waals surface area (Å²) < 4.78 is 24.6. The first-order valence-corrected chi connectivity index (χ1v) is 25.7. The molecule has 0 bridgehead atoms.